The maximum atomic E-state index is 13.3. The van der Waals surface area contributed by atoms with Crippen LogP contribution in [-0.2, 0) is 0 Å². The average Bonchev–Trinajstić information content (AvgIpc) is 2.51. The molecule has 0 radical (unpaired) electrons. The van der Waals surface area contributed by atoms with Gasteiger partial charge in [0.1, 0.15) is 17.6 Å². The van der Waals surface area contributed by atoms with E-state index in [0.717, 1.165) is 17.7 Å². The van der Waals surface area contributed by atoms with Gasteiger partial charge in [-0.15, -0.1) is 0 Å². The van der Waals surface area contributed by atoms with Gasteiger partial charge in [-0.2, -0.15) is 9.37 Å². The number of halogens is 1. The van der Waals surface area contributed by atoms with Gasteiger partial charge in [0.05, 0.1) is 33.5 Å². The average molecular weight is 305 g/mol. The Labute approximate surface area is 127 Å². The minimum absolute atomic E-state index is 0.0340. The van der Waals surface area contributed by atoms with Crippen molar-refractivity contribution in [2.24, 2.45) is 0 Å². The highest BCUT2D eigenvalue weighted by atomic mass is 19.1. The van der Waals surface area contributed by atoms with E-state index in [2.05, 4.69) is 9.97 Å². The summed E-state index contributed by atoms with van der Waals surface area (Å²) >= 11 is 0. The third-order valence-corrected chi connectivity index (χ3v) is 3.37. The number of hydrogen-bond donors (Lipinski definition) is 0. The van der Waals surface area contributed by atoms with Gasteiger partial charge >= 0.3 is 0 Å². The third-order valence-electron chi connectivity index (χ3n) is 3.37. The lowest BCUT2D eigenvalue weighted by Gasteiger charge is -2.38. The first-order valence-corrected chi connectivity index (χ1v) is 6.82. The van der Waals surface area contributed by atoms with E-state index >= 15 is 0 Å². The molecular weight excluding hydrogens is 289 g/mol. The molecule has 0 bridgehead atoms. The van der Waals surface area contributed by atoms with Gasteiger partial charge in [-0.05, 0) is 12.1 Å². The summed E-state index contributed by atoms with van der Waals surface area (Å²) in [6, 6.07) is 7.44. The van der Waals surface area contributed by atoms with Crippen molar-refractivity contribution in [2.45, 2.75) is 6.10 Å². The van der Waals surface area contributed by atoms with Crippen LogP contribution in [-0.4, -0.2) is 43.4 Å². The fourth-order valence-corrected chi connectivity index (χ4v) is 2.18. The molecule has 3 rings (SSSR count). The van der Waals surface area contributed by atoms with E-state index in [1.54, 1.807) is 7.11 Å². The zero-order chi connectivity index (χ0) is 15.5. The van der Waals surface area contributed by atoms with Crippen molar-refractivity contribution in [3.63, 3.8) is 0 Å². The number of aromatic nitrogens is 2. The Balaban J connectivity index is 1.60. The molecule has 0 saturated carbocycles. The zero-order valence-electron chi connectivity index (χ0n) is 12.3. The Hall–Kier alpha value is -2.57. The number of methoxy groups -OCH3 is 2. The Morgan fingerprint density at radius 1 is 1.18 bits per heavy atom. The fourth-order valence-electron chi connectivity index (χ4n) is 2.18. The van der Waals surface area contributed by atoms with Gasteiger partial charge in [0.2, 0.25) is 11.8 Å². The van der Waals surface area contributed by atoms with Crippen LogP contribution in [0.25, 0.3) is 0 Å². The molecule has 1 saturated heterocycles. The topological polar surface area (TPSA) is 56.7 Å². The lowest BCUT2D eigenvalue weighted by molar-refractivity contribution is 0.165. The molecule has 1 fully saturated rings. The number of hydrogen-bond acceptors (Lipinski definition) is 6. The Morgan fingerprint density at radius 2 is 1.95 bits per heavy atom. The van der Waals surface area contributed by atoms with Crippen molar-refractivity contribution in [1.29, 1.82) is 0 Å². The first-order chi connectivity index (χ1) is 10.7. The van der Waals surface area contributed by atoms with Crippen molar-refractivity contribution in [3.05, 3.63) is 36.3 Å². The molecule has 6 nitrogen and oxygen atoms in total. The summed E-state index contributed by atoms with van der Waals surface area (Å²) in [7, 11) is 2.99. The minimum atomic E-state index is -0.573. The van der Waals surface area contributed by atoms with Gasteiger partial charge < -0.3 is 19.1 Å². The summed E-state index contributed by atoms with van der Waals surface area (Å²) in [5.41, 5.74) is 0. The molecular formula is C15H16FN3O3. The molecule has 0 N–H and O–H groups in total. The van der Waals surface area contributed by atoms with E-state index in [-0.39, 0.29) is 12.0 Å². The summed E-state index contributed by atoms with van der Waals surface area (Å²) in [4.78, 5) is 9.88. The molecule has 0 atom stereocenters. The SMILES string of the molecule is COc1cccc(OC2CN(c3ncc(F)c(OC)n3)C2)c1. The summed E-state index contributed by atoms with van der Waals surface area (Å²) in [5.74, 6) is 1.31. The molecule has 116 valence electrons. The highest BCUT2D eigenvalue weighted by molar-refractivity contribution is 5.38. The molecule has 1 aromatic heterocycles. The Morgan fingerprint density at radius 3 is 2.68 bits per heavy atom. The summed E-state index contributed by atoms with van der Waals surface area (Å²) in [5, 5.41) is 0. The van der Waals surface area contributed by atoms with Crippen molar-refractivity contribution < 1.29 is 18.6 Å². The van der Waals surface area contributed by atoms with Crippen molar-refractivity contribution in [3.8, 4) is 17.4 Å². The van der Waals surface area contributed by atoms with Crippen LogP contribution >= 0.6 is 0 Å². The maximum absolute atomic E-state index is 13.3. The molecule has 2 aromatic rings. The van der Waals surface area contributed by atoms with Crippen LogP contribution in [0.5, 0.6) is 17.4 Å². The quantitative estimate of drug-likeness (QED) is 0.841. The lowest BCUT2D eigenvalue weighted by Crippen LogP contribution is -2.54. The molecule has 0 spiro atoms. The highest BCUT2D eigenvalue weighted by Gasteiger charge is 2.31. The third kappa shape index (κ3) is 2.88. The zero-order valence-corrected chi connectivity index (χ0v) is 12.3. The molecule has 22 heavy (non-hydrogen) atoms. The smallest absolute Gasteiger partial charge is 0.255 e. The van der Waals surface area contributed by atoms with Gasteiger partial charge in [0, 0.05) is 6.07 Å². The van der Waals surface area contributed by atoms with E-state index in [0.29, 0.717) is 19.0 Å². The number of ether oxygens (including phenoxy) is 3. The first-order valence-electron chi connectivity index (χ1n) is 6.82. The van der Waals surface area contributed by atoms with E-state index in [9.17, 15) is 4.39 Å². The minimum Gasteiger partial charge on any atom is -0.497 e. The molecule has 1 aliphatic heterocycles. The molecule has 0 amide bonds. The van der Waals surface area contributed by atoms with Crippen LogP contribution in [0, 0.1) is 5.82 Å². The van der Waals surface area contributed by atoms with Gasteiger partial charge in [0.25, 0.3) is 5.88 Å². The summed E-state index contributed by atoms with van der Waals surface area (Å²) in [6.07, 6.45) is 1.14. The van der Waals surface area contributed by atoms with Crippen LogP contribution in [0.3, 0.4) is 0 Å². The predicted molar refractivity (Wildman–Crippen MR) is 78.2 cm³/mol. The second-order valence-electron chi connectivity index (χ2n) is 4.85. The van der Waals surface area contributed by atoms with Crippen molar-refractivity contribution in [1.82, 2.24) is 9.97 Å². The second kappa shape index (κ2) is 6.05. The predicted octanol–water partition coefficient (Wildman–Crippen LogP) is 1.90. The molecule has 0 aliphatic carbocycles. The number of nitrogens with zero attached hydrogens (tertiary/aromatic N) is 3. The van der Waals surface area contributed by atoms with Crippen molar-refractivity contribution >= 4 is 5.95 Å². The first kappa shape index (κ1) is 14.4. The van der Waals surface area contributed by atoms with Crippen LogP contribution in [0.4, 0.5) is 10.3 Å². The normalized spacial score (nSPS) is 14.4. The van der Waals surface area contributed by atoms with Gasteiger partial charge in [-0.25, -0.2) is 4.98 Å². The number of anilines is 1. The molecule has 7 heteroatoms. The molecule has 1 aromatic carbocycles. The monoisotopic (exact) mass is 305 g/mol. The van der Waals surface area contributed by atoms with Gasteiger partial charge in [-0.1, -0.05) is 6.07 Å². The van der Waals surface area contributed by atoms with E-state index in [4.69, 9.17) is 14.2 Å². The summed E-state index contributed by atoms with van der Waals surface area (Å²) in [6.45, 7) is 1.26. The van der Waals surface area contributed by atoms with E-state index in [1.807, 2.05) is 29.2 Å². The van der Waals surface area contributed by atoms with Gasteiger partial charge in [-0.3, -0.25) is 0 Å². The van der Waals surface area contributed by atoms with Crippen LogP contribution in [0.15, 0.2) is 30.5 Å². The largest absolute Gasteiger partial charge is 0.497 e. The molecule has 2 heterocycles. The van der Waals surface area contributed by atoms with Crippen LogP contribution < -0.4 is 19.1 Å². The number of benzene rings is 1. The molecule has 0 unspecified atom stereocenters. The fraction of sp³-hybridized carbons (Fsp3) is 0.333. The summed E-state index contributed by atoms with van der Waals surface area (Å²) < 4.78 is 29.1. The molecule has 1 aliphatic rings. The van der Waals surface area contributed by atoms with Crippen molar-refractivity contribution in [2.75, 3.05) is 32.2 Å². The highest BCUT2D eigenvalue weighted by Crippen LogP contribution is 2.25. The number of rotatable bonds is 5. The Kier molecular flexibility index (Phi) is 3.95. The standard InChI is InChI=1S/C15H16FN3O3/c1-20-10-4-3-5-11(6-10)22-12-8-19(9-12)15-17-7-13(16)14(18-15)21-2/h3-7,12H,8-9H2,1-2H3. The lowest BCUT2D eigenvalue weighted by atomic mass is 10.2. The van der Waals surface area contributed by atoms with Gasteiger partial charge in [0.15, 0.2) is 0 Å². The van der Waals surface area contributed by atoms with Crippen LogP contribution in [0.2, 0.25) is 0 Å². The second-order valence-corrected chi connectivity index (χ2v) is 4.85. The Bertz CT molecular complexity index is 662. The van der Waals surface area contributed by atoms with E-state index in [1.165, 1.54) is 7.11 Å². The van der Waals surface area contributed by atoms with Crippen LogP contribution in [0.1, 0.15) is 0 Å². The van der Waals surface area contributed by atoms with E-state index < -0.39 is 5.82 Å². The maximum Gasteiger partial charge on any atom is 0.255 e.